The normalized spacial score (nSPS) is 38.6. The molecule has 6 rings (SSSR count). The zero-order valence-electron chi connectivity index (χ0n) is 27.2. The van der Waals surface area contributed by atoms with Gasteiger partial charge in [0, 0.05) is 36.2 Å². The van der Waals surface area contributed by atoms with Crippen molar-refractivity contribution in [1.82, 2.24) is 15.0 Å². The van der Waals surface area contributed by atoms with Crippen LogP contribution in [0.4, 0.5) is 0 Å². The van der Waals surface area contributed by atoms with Crippen LogP contribution < -0.4 is 0 Å². The zero-order chi connectivity index (χ0) is 31.4. The fourth-order valence-electron chi connectivity index (χ4n) is 10.6. The maximum absolute atomic E-state index is 15.4. The van der Waals surface area contributed by atoms with Crippen molar-refractivity contribution in [2.45, 2.75) is 98.1 Å². The predicted molar refractivity (Wildman–Crippen MR) is 166 cm³/mol. The minimum Gasteiger partial charge on any atom is -0.469 e. The van der Waals surface area contributed by atoms with Crippen molar-refractivity contribution in [3.63, 3.8) is 0 Å². The zero-order valence-corrected chi connectivity index (χ0v) is 27.2. The van der Waals surface area contributed by atoms with E-state index >= 15 is 4.79 Å². The number of hydrogen-bond donors (Lipinski definition) is 0. The largest absolute Gasteiger partial charge is 0.469 e. The first kappa shape index (κ1) is 31.0. The lowest BCUT2D eigenvalue weighted by molar-refractivity contribution is -0.203. The number of nitrogens with zero attached hydrogens (tertiary/aromatic N) is 3. The lowest BCUT2D eigenvalue weighted by atomic mass is 9.41. The number of methoxy groups -OCH3 is 1. The van der Waals surface area contributed by atoms with Crippen molar-refractivity contribution in [2.75, 3.05) is 7.11 Å². The summed E-state index contributed by atoms with van der Waals surface area (Å²) in [6.45, 7) is 10.6. The molecule has 0 N–H and O–H groups in total. The number of ketones is 1. The van der Waals surface area contributed by atoms with Gasteiger partial charge in [0.05, 0.1) is 13.3 Å². The number of carbonyl (C=O) groups excluding carboxylic acids is 3. The number of aromatic nitrogens is 3. The van der Waals surface area contributed by atoms with Crippen LogP contribution in [0.1, 0.15) is 92.0 Å². The van der Waals surface area contributed by atoms with Crippen molar-refractivity contribution in [3.05, 3.63) is 36.5 Å². The fourth-order valence-corrected chi connectivity index (χ4v) is 10.6. The van der Waals surface area contributed by atoms with Gasteiger partial charge in [-0.25, -0.2) is 4.68 Å². The number of carbonyl (C=O) groups is 3. The molecule has 8 nitrogen and oxygen atoms in total. The van der Waals surface area contributed by atoms with E-state index in [9.17, 15) is 9.59 Å². The smallest absolute Gasteiger partial charge is 0.305 e. The third kappa shape index (κ3) is 5.00. The highest BCUT2D eigenvalue weighted by molar-refractivity contribution is 5.91. The maximum Gasteiger partial charge on any atom is 0.305 e. The van der Waals surface area contributed by atoms with Crippen LogP contribution in [0.5, 0.6) is 0 Å². The van der Waals surface area contributed by atoms with Crippen molar-refractivity contribution in [3.8, 4) is 11.3 Å². The SMILES string of the molecule is COC(=O)CC[C@@H](C)C1CCC2C3C(OC(C)=O)C[C@@H]4C[C@H](C)CC[C@]4(C)C3C(n3cc(-c4ccccc4)nn3)C(=O)[C@@]21C. The highest BCUT2D eigenvalue weighted by Gasteiger charge is 2.70. The number of benzene rings is 1. The quantitative estimate of drug-likeness (QED) is 0.325. The lowest BCUT2D eigenvalue weighted by Crippen LogP contribution is -2.65. The molecule has 11 atom stereocenters. The Morgan fingerprint density at radius 1 is 1.11 bits per heavy atom. The lowest BCUT2D eigenvalue weighted by Gasteiger charge is -2.64. The minimum absolute atomic E-state index is 0.0156. The van der Waals surface area contributed by atoms with E-state index in [1.807, 2.05) is 41.2 Å². The molecule has 1 aromatic carbocycles. The number of fused-ring (bicyclic) bond motifs is 5. The molecule has 1 heterocycles. The number of hydrogen-bond acceptors (Lipinski definition) is 7. The van der Waals surface area contributed by atoms with Gasteiger partial charge in [0.1, 0.15) is 17.8 Å². The van der Waals surface area contributed by atoms with Gasteiger partial charge >= 0.3 is 11.9 Å². The average molecular weight is 604 g/mol. The van der Waals surface area contributed by atoms with Crippen molar-refractivity contribution in [1.29, 1.82) is 0 Å². The Morgan fingerprint density at radius 3 is 2.57 bits per heavy atom. The molecular formula is C36H49N3O5. The van der Waals surface area contributed by atoms with E-state index in [0.717, 1.165) is 49.8 Å². The first-order valence-electron chi connectivity index (χ1n) is 16.7. The summed E-state index contributed by atoms with van der Waals surface area (Å²) in [6, 6.07) is 9.49. The van der Waals surface area contributed by atoms with E-state index in [4.69, 9.17) is 14.7 Å². The Bertz CT molecular complexity index is 1390. The van der Waals surface area contributed by atoms with Crippen LogP contribution in [0.2, 0.25) is 0 Å². The minimum atomic E-state index is -0.635. The Balaban J connectivity index is 1.48. The summed E-state index contributed by atoms with van der Waals surface area (Å²) < 4.78 is 13.1. The number of esters is 2. The molecule has 4 saturated carbocycles. The molecule has 1 aromatic heterocycles. The number of rotatable bonds is 7. The molecule has 2 aromatic rings. The summed E-state index contributed by atoms with van der Waals surface area (Å²) >= 11 is 0. The summed E-state index contributed by atoms with van der Waals surface area (Å²) in [5.41, 5.74) is 1.00. The van der Waals surface area contributed by atoms with Gasteiger partial charge in [0.15, 0.2) is 5.78 Å². The van der Waals surface area contributed by atoms with Gasteiger partial charge in [-0.05, 0) is 73.5 Å². The van der Waals surface area contributed by atoms with Crippen LogP contribution >= 0.6 is 0 Å². The molecule has 0 amide bonds. The van der Waals surface area contributed by atoms with Crippen LogP contribution in [-0.4, -0.2) is 45.9 Å². The van der Waals surface area contributed by atoms with Gasteiger partial charge in [-0.1, -0.05) is 69.7 Å². The van der Waals surface area contributed by atoms with E-state index in [1.54, 1.807) is 0 Å². The molecule has 0 spiro atoms. The molecular weight excluding hydrogens is 554 g/mol. The second-order valence-corrected chi connectivity index (χ2v) is 15.0. The first-order valence-corrected chi connectivity index (χ1v) is 16.7. The maximum atomic E-state index is 15.4. The van der Waals surface area contributed by atoms with Crippen LogP contribution in [0, 0.1) is 52.3 Å². The number of Topliss-reactive ketones (excluding diaryl/α,β-unsaturated/α-hetero) is 1. The second-order valence-electron chi connectivity index (χ2n) is 15.0. The van der Waals surface area contributed by atoms with Crippen molar-refractivity contribution >= 4 is 17.7 Å². The number of ether oxygens (including phenoxy) is 2. The monoisotopic (exact) mass is 603 g/mol. The summed E-state index contributed by atoms with van der Waals surface area (Å²) in [5.74, 6) is 1.15. The van der Waals surface area contributed by atoms with Crippen LogP contribution in [0.25, 0.3) is 11.3 Å². The van der Waals surface area contributed by atoms with Crippen LogP contribution in [-0.2, 0) is 23.9 Å². The Morgan fingerprint density at radius 2 is 1.86 bits per heavy atom. The molecule has 8 heteroatoms. The Labute approximate surface area is 261 Å². The standard InChI is InChI=1S/C36H49N3O5/c1-21-16-17-35(4)25(18-21)19-29(44-23(3)40)31-27-14-13-26(22(2)12-15-30(41)43-6)36(27,5)34(42)33(32(31)35)39-20-28(37-38-39)24-10-8-7-9-11-24/h7-11,20-22,25-27,29,31-33H,12-19H2,1-6H3/t21-,22-,25+,26?,27?,29?,31?,32?,33?,35+,36-/m1/s1. The fraction of sp³-hybridized carbons (Fsp3) is 0.694. The summed E-state index contributed by atoms with van der Waals surface area (Å²) in [6.07, 6.45) is 8.71. The summed E-state index contributed by atoms with van der Waals surface area (Å²) in [7, 11) is 1.43. The highest BCUT2D eigenvalue weighted by Crippen LogP contribution is 2.70. The average Bonchev–Trinajstić information content (AvgIpc) is 3.63. The molecule has 0 aliphatic heterocycles. The summed E-state index contributed by atoms with van der Waals surface area (Å²) in [5, 5.41) is 9.27. The van der Waals surface area contributed by atoms with E-state index in [1.165, 1.54) is 14.0 Å². The first-order chi connectivity index (χ1) is 21.0. The highest BCUT2D eigenvalue weighted by atomic mass is 16.5. The molecule has 4 aliphatic carbocycles. The van der Waals surface area contributed by atoms with E-state index in [0.29, 0.717) is 24.7 Å². The second kappa shape index (κ2) is 11.7. The van der Waals surface area contributed by atoms with Crippen LogP contribution in [0.15, 0.2) is 36.5 Å². The van der Waals surface area contributed by atoms with Gasteiger partial charge in [0.25, 0.3) is 0 Å². The Hall–Kier alpha value is -3.03. The van der Waals surface area contributed by atoms with Crippen molar-refractivity contribution < 1.29 is 23.9 Å². The molecule has 238 valence electrons. The van der Waals surface area contributed by atoms with Gasteiger partial charge in [-0.3, -0.25) is 14.4 Å². The third-order valence-electron chi connectivity index (χ3n) is 12.8. The van der Waals surface area contributed by atoms with Gasteiger partial charge in [-0.15, -0.1) is 5.10 Å². The molecule has 0 saturated heterocycles. The molecule has 0 radical (unpaired) electrons. The Kier molecular flexibility index (Phi) is 8.25. The molecule has 4 fully saturated rings. The topological polar surface area (TPSA) is 100 Å². The summed E-state index contributed by atoms with van der Waals surface area (Å²) in [4.78, 5) is 40.1. The van der Waals surface area contributed by atoms with E-state index in [2.05, 4.69) is 32.8 Å². The van der Waals surface area contributed by atoms with E-state index in [-0.39, 0.29) is 58.8 Å². The van der Waals surface area contributed by atoms with E-state index < -0.39 is 11.5 Å². The van der Waals surface area contributed by atoms with Gasteiger partial charge in [0.2, 0.25) is 0 Å². The van der Waals surface area contributed by atoms with Gasteiger partial charge in [-0.2, -0.15) is 0 Å². The molecule has 0 bridgehead atoms. The third-order valence-corrected chi connectivity index (χ3v) is 12.8. The van der Waals surface area contributed by atoms with Crippen LogP contribution in [0.3, 0.4) is 0 Å². The predicted octanol–water partition coefficient (Wildman–Crippen LogP) is 6.70. The molecule has 4 aliphatic rings. The molecule has 6 unspecified atom stereocenters. The van der Waals surface area contributed by atoms with Crippen molar-refractivity contribution in [2.24, 2.45) is 52.3 Å². The van der Waals surface area contributed by atoms with Gasteiger partial charge < -0.3 is 9.47 Å². The molecule has 44 heavy (non-hydrogen) atoms.